The van der Waals surface area contributed by atoms with Gasteiger partial charge in [-0.3, -0.25) is 9.78 Å². The molecule has 2 aromatic rings. The highest BCUT2D eigenvalue weighted by molar-refractivity contribution is 14.1. The topological polar surface area (TPSA) is 62.2 Å². The Bertz CT molecular complexity index is 604. The predicted octanol–water partition coefficient (Wildman–Crippen LogP) is 2.78. The maximum Gasteiger partial charge on any atom is 0.259 e. The summed E-state index contributed by atoms with van der Waals surface area (Å²) in [6.45, 7) is 0. The summed E-state index contributed by atoms with van der Waals surface area (Å²) in [5.74, 6) is -1.05. The van der Waals surface area contributed by atoms with Gasteiger partial charge in [0.05, 0.1) is 17.4 Å². The molecule has 0 radical (unpaired) electrons. The van der Waals surface area contributed by atoms with E-state index < -0.39 is 5.91 Å². The number of halogens is 2. The van der Waals surface area contributed by atoms with E-state index >= 15 is 0 Å². The van der Waals surface area contributed by atoms with Crippen molar-refractivity contribution >= 4 is 34.2 Å². The molecule has 2 rings (SSSR count). The molecule has 1 aromatic heterocycles. The van der Waals surface area contributed by atoms with Crippen molar-refractivity contribution in [1.29, 1.82) is 0 Å². The quantitative estimate of drug-likeness (QED) is 0.812. The van der Waals surface area contributed by atoms with Gasteiger partial charge < -0.3 is 10.4 Å². The predicted molar refractivity (Wildman–Crippen MR) is 73.0 cm³/mol. The number of hydrogen-bond acceptors (Lipinski definition) is 3. The van der Waals surface area contributed by atoms with Gasteiger partial charge in [-0.05, 0) is 46.9 Å². The first-order valence-corrected chi connectivity index (χ1v) is 6.05. The monoisotopic (exact) mass is 358 g/mol. The largest absolute Gasteiger partial charge is 0.505 e. The molecule has 0 aliphatic carbocycles. The van der Waals surface area contributed by atoms with Crippen LogP contribution in [0.5, 0.6) is 5.75 Å². The summed E-state index contributed by atoms with van der Waals surface area (Å²) in [5.41, 5.74) is 0.600. The average molecular weight is 358 g/mol. The second-order valence-corrected chi connectivity index (χ2v) is 4.63. The molecule has 0 spiro atoms. The lowest BCUT2D eigenvalue weighted by Crippen LogP contribution is -2.13. The van der Waals surface area contributed by atoms with Crippen LogP contribution in [0.25, 0.3) is 0 Å². The summed E-state index contributed by atoms with van der Waals surface area (Å²) in [7, 11) is 0. The SMILES string of the molecule is O=C(Nc1ccc(F)cc1I)c1ccncc1O. The van der Waals surface area contributed by atoms with E-state index in [9.17, 15) is 14.3 Å². The summed E-state index contributed by atoms with van der Waals surface area (Å²) in [5, 5.41) is 12.1. The van der Waals surface area contributed by atoms with E-state index in [4.69, 9.17) is 0 Å². The van der Waals surface area contributed by atoms with Crippen LogP contribution in [0.1, 0.15) is 10.4 Å². The molecule has 18 heavy (non-hydrogen) atoms. The Kier molecular flexibility index (Phi) is 3.75. The van der Waals surface area contributed by atoms with Gasteiger partial charge in [-0.1, -0.05) is 0 Å². The standard InChI is InChI=1S/C12H8FIN2O2/c13-7-1-2-10(9(14)5-7)16-12(18)8-3-4-15-6-11(8)17/h1-6,17H,(H,16,18). The number of carbonyl (C=O) groups excluding carboxylic acids is 1. The van der Waals surface area contributed by atoms with E-state index in [0.29, 0.717) is 9.26 Å². The fraction of sp³-hybridized carbons (Fsp3) is 0. The molecule has 0 bridgehead atoms. The van der Waals surface area contributed by atoms with E-state index in [1.54, 1.807) is 0 Å². The third kappa shape index (κ3) is 2.76. The van der Waals surface area contributed by atoms with Gasteiger partial charge in [0, 0.05) is 9.77 Å². The molecular weight excluding hydrogens is 350 g/mol. The van der Waals surface area contributed by atoms with Crippen LogP contribution < -0.4 is 5.32 Å². The number of nitrogens with zero attached hydrogens (tertiary/aromatic N) is 1. The third-order valence-corrected chi connectivity index (χ3v) is 3.12. The lowest BCUT2D eigenvalue weighted by Gasteiger charge is -2.08. The molecule has 0 aliphatic rings. The number of carbonyl (C=O) groups is 1. The zero-order valence-electron chi connectivity index (χ0n) is 9.02. The Morgan fingerprint density at radius 2 is 2.17 bits per heavy atom. The van der Waals surface area contributed by atoms with Gasteiger partial charge >= 0.3 is 0 Å². The number of aromatic hydroxyl groups is 1. The minimum Gasteiger partial charge on any atom is -0.505 e. The number of pyridine rings is 1. The summed E-state index contributed by atoms with van der Waals surface area (Å²) in [6.07, 6.45) is 2.59. The van der Waals surface area contributed by atoms with Crippen molar-refractivity contribution in [2.75, 3.05) is 5.32 Å². The van der Waals surface area contributed by atoms with Gasteiger partial charge in [-0.2, -0.15) is 0 Å². The minimum absolute atomic E-state index is 0.116. The number of benzene rings is 1. The fourth-order valence-electron chi connectivity index (χ4n) is 1.36. The lowest BCUT2D eigenvalue weighted by atomic mass is 10.2. The molecule has 1 heterocycles. The Hall–Kier alpha value is -1.70. The molecule has 1 amide bonds. The maximum atomic E-state index is 12.9. The molecule has 0 atom stereocenters. The lowest BCUT2D eigenvalue weighted by molar-refractivity contribution is 0.102. The zero-order valence-corrected chi connectivity index (χ0v) is 11.2. The smallest absolute Gasteiger partial charge is 0.259 e. The Morgan fingerprint density at radius 3 is 2.83 bits per heavy atom. The van der Waals surface area contributed by atoms with Crippen LogP contribution in [0.2, 0.25) is 0 Å². The van der Waals surface area contributed by atoms with Crippen LogP contribution >= 0.6 is 22.6 Å². The van der Waals surface area contributed by atoms with Crippen LogP contribution in [0, 0.1) is 9.39 Å². The van der Waals surface area contributed by atoms with Crippen LogP contribution in [-0.4, -0.2) is 16.0 Å². The van der Waals surface area contributed by atoms with Crippen molar-refractivity contribution < 1.29 is 14.3 Å². The van der Waals surface area contributed by atoms with E-state index in [-0.39, 0.29) is 17.1 Å². The van der Waals surface area contributed by atoms with Gasteiger partial charge in [0.25, 0.3) is 5.91 Å². The maximum absolute atomic E-state index is 12.9. The van der Waals surface area contributed by atoms with Crippen LogP contribution in [0.4, 0.5) is 10.1 Å². The van der Waals surface area contributed by atoms with Crippen molar-refractivity contribution in [3.05, 3.63) is 51.6 Å². The first-order valence-electron chi connectivity index (χ1n) is 4.97. The normalized spacial score (nSPS) is 10.1. The van der Waals surface area contributed by atoms with Gasteiger partial charge in [-0.25, -0.2) is 4.39 Å². The molecule has 4 nitrogen and oxygen atoms in total. The second kappa shape index (κ2) is 5.30. The highest BCUT2D eigenvalue weighted by Gasteiger charge is 2.12. The van der Waals surface area contributed by atoms with Gasteiger partial charge in [0.2, 0.25) is 0 Å². The average Bonchev–Trinajstić information content (AvgIpc) is 2.33. The Labute approximate surface area is 116 Å². The number of hydrogen-bond donors (Lipinski definition) is 2. The highest BCUT2D eigenvalue weighted by atomic mass is 127. The van der Waals surface area contributed by atoms with Crippen LogP contribution in [0.15, 0.2) is 36.7 Å². The van der Waals surface area contributed by atoms with Gasteiger partial charge in [0.1, 0.15) is 11.6 Å². The fourth-order valence-corrected chi connectivity index (χ4v) is 1.97. The molecule has 0 unspecified atom stereocenters. The molecule has 0 saturated heterocycles. The third-order valence-electron chi connectivity index (χ3n) is 2.22. The molecule has 1 aromatic carbocycles. The number of aromatic nitrogens is 1. The second-order valence-electron chi connectivity index (χ2n) is 3.47. The van der Waals surface area contributed by atoms with Gasteiger partial charge in [0.15, 0.2) is 0 Å². The van der Waals surface area contributed by atoms with Crippen LogP contribution in [-0.2, 0) is 0 Å². The van der Waals surface area contributed by atoms with Gasteiger partial charge in [-0.15, -0.1) is 0 Å². The number of nitrogens with one attached hydrogen (secondary N) is 1. The van der Waals surface area contributed by atoms with Crippen molar-refractivity contribution in [2.24, 2.45) is 0 Å². The zero-order chi connectivity index (χ0) is 13.1. The van der Waals surface area contributed by atoms with E-state index in [1.165, 1.54) is 36.7 Å². The molecule has 92 valence electrons. The van der Waals surface area contributed by atoms with E-state index in [1.807, 2.05) is 22.6 Å². The van der Waals surface area contributed by atoms with Crippen molar-refractivity contribution in [2.45, 2.75) is 0 Å². The van der Waals surface area contributed by atoms with Crippen LogP contribution in [0.3, 0.4) is 0 Å². The molecule has 2 N–H and O–H groups in total. The van der Waals surface area contributed by atoms with Crippen molar-refractivity contribution in [3.8, 4) is 5.75 Å². The first-order chi connectivity index (χ1) is 8.58. The number of rotatable bonds is 2. The number of anilines is 1. The number of amides is 1. The molecule has 0 aliphatic heterocycles. The molecule has 0 fully saturated rings. The Morgan fingerprint density at radius 1 is 1.39 bits per heavy atom. The molecule has 6 heteroatoms. The summed E-state index contributed by atoms with van der Waals surface area (Å²) >= 11 is 1.92. The van der Waals surface area contributed by atoms with E-state index in [2.05, 4.69) is 10.3 Å². The highest BCUT2D eigenvalue weighted by Crippen LogP contribution is 2.21. The minimum atomic E-state index is -0.473. The Balaban J connectivity index is 2.24. The first kappa shape index (κ1) is 12.7. The summed E-state index contributed by atoms with van der Waals surface area (Å²) < 4.78 is 13.5. The molecule has 0 saturated carbocycles. The van der Waals surface area contributed by atoms with Crippen molar-refractivity contribution in [1.82, 2.24) is 4.98 Å². The van der Waals surface area contributed by atoms with E-state index in [0.717, 1.165) is 0 Å². The summed E-state index contributed by atoms with van der Waals surface area (Å²) in [6, 6.07) is 5.43. The summed E-state index contributed by atoms with van der Waals surface area (Å²) in [4.78, 5) is 15.6. The molecular formula is C12H8FIN2O2. The van der Waals surface area contributed by atoms with Crippen molar-refractivity contribution in [3.63, 3.8) is 0 Å².